The minimum atomic E-state index is 0. The van der Waals surface area contributed by atoms with Crippen LogP contribution in [0.2, 0.25) is 0 Å². The molecule has 0 amide bonds. The molecule has 0 unspecified atom stereocenters. The number of ether oxygens (including phenoxy) is 1. The first-order valence-corrected chi connectivity index (χ1v) is 10.3. The van der Waals surface area contributed by atoms with Crippen molar-refractivity contribution < 1.29 is 4.74 Å². The lowest BCUT2D eigenvalue weighted by atomic mass is 10.2. The summed E-state index contributed by atoms with van der Waals surface area (Å²) >= 11 is 0. The third-order valence-electron chi connectivity index (χ3n) is 5.01. The number of benzene rings is 1. The summed E-state index contributed by atoms with van der Waals surface area (Å²) in [6.07, 6.45) is 2.39. The third kappa shape index (κ3) is 9.93. The number of halogens is 1. The largest absolute Gasteiger partial charge is 0.492 e. The number of aryl methyl sites for hydroxylation is 1. The molecule has 1 aliphatic heterocycles. The van der Waals surface area contributed by atoms with Gasteiger partial charge in [0, 0.05) is 39.8 Å². The van der Waals surface area contributed by atoms with E-state index in [9.17, 15) is 0 Å². The van der Waals surface area contributed by atoms with Crippen molar-refractivity contribution in [1.82, 2.24) is 20.4 Å². The molecular formula is C21H38IN5O. The Morgan fingerprint density at radius 1 is 1.00 bits per heavy atom. The molecule has 2 N–H and O–H groups in total. The lowest BCUT2D eigenvalue weighted by Crippen LogP contribution is -2.46. The maximum absolute atomic E-state index is 5.73. The van der Waals surface area contributed by atoms with Crippen LogP contribution in [0.3, 0.4) is 0 Å². The Labute approximate surface area is 188 Å². The Balaban J connectivity index is 0.00000392. The minimum absolute atomic E-state index is 0. The lowest BCUT2D eigenvalue weighted by molar-refractivity contribution is 0.136. The van der Waals surface area contributed by atoms with Crippen LogP contribution in [-0.4, -0.2) is 81.8 Å². The quantitative estimate of drug-likeness (QED) is 0.223. The van der Waals surface area contributed by atoms with Crippen LogP contribution in [0.25, 0.3) is 0 Å². The predicted molar refractivity (Wildman–Crippen MR) is 129 cm³/mol. The molecule has 7 heteroatoms. The Bertz CT molecular complexity index is 544. The van der Waals surface area contributed by atoms with E-state index in [-0.39, 0.29) is 24.0 Å². The molecule has 1 saturated heterocycles. The van der Waals surface area contributed by atoms with Crippen LogP contribution in [0.5, 0.6) is 5.75 Å². The summed E-state index contributed by atoms with van der Waals surface area (Å²) in [5, 5.41) is 6.69. The Hall–Kier alpha value is -1.06. The van der Waals surface area contributed by atoms with Crippen molar-refractivity contribution in [2.24, 2.45) is 4.99 Å². The number of aliphatic imine (C=N–C) groups is 1. The SMILES string of the molecule is CCN1CCN(CCCCNC(=NC)NCCOc2ccc(C)cc2)CC1.I. The molecule has 0 aliphatic carbocycles. The maximum atomic E-state index is 5.73. The van der Waals surface area contributed by atoms with Crippen molar-refractivity contribution in [1.29, 1.82) is 0 Å². The Kier molecular flexibility index (Phi) is 13.3. The van der Waals surface area contributed by atoms with Gasteiger partial charge in [0.1, 0.15) is 12.4 Å². The number of nitrogens with zero attached hydrogens (tertiary/aromatic N) is 3. The van der Waals surface area contributed by atoms with Gasteiger partial charge in [-0.05, 0) is 45.0 Å². The normalized spacial score (nSPS) is 15.8. The summed E-state index contributed by atoms with van der Waals surface area (Å²) in [5.41, 5.74) is 1.24. The number of hydrogen-bond acceptors (Lipinski definition) is 4. The second-order valence-corrected chi connectivity index (χ2v) is 7.07. The molecule has 160 valence electrons. The van der Waals surface area contributed by atoms with Gasteiger partial charge in [-0.3, -0.25) is 4.99 Å². The average Bonchev–Trinajstić information content (AvgIpc) is 2.71. The van der Waals surface area contributed by atoms with Crippen molar-refractivity contribution in [2.45, 2.75) is 26.7 Å². The highest BCUT2D eigenvalue weighted by Gasteiger charge is 2.14. The molecule has 1 heterocycles. The predicted octanol–water partition coefficient (Wildman–Crippen LogP) is 2.57. The molecular weight excluding hydrogens is 465 g/mol. The molecule has 0 spiro atoms. The van der Waals surface area contributed by atoms with E-state index in [1.807, 2.05) is 19.2 Å². The summed E-state index contributed by atoms with van der Waals surface area (Å²) in [6.45, 7) is 13.9. The van der Waals surface area contributed by atoms with Gasteiger partial charge in [-0.1, -0.05) is 24.6 Å². The zero-order valence-corrected chi connectivity index (χ0v) is 20.1. The molecule has 0 saturated carbocycles. The topological polar surface area (TPSA) is 52.1 Å². The van der Waals surface area contributed by atoms with Crippen LogP contribution in [0.15, 0.2) is 29.3 Å². The Morgan fingerprint density at radius 2 is 1.64 bits per heavy atom. The highest BCUT2D eigenvalue weighted by Crippen LogP contribution is 2.10. The second kappa shape index (κ2) is 14.9. The second-order valence-electron chi connectivity index (χ2n) is 7.07. The van der Waals surface area contributed by atoms with Crippen LogP contribution in [0, 0.1) is 6.92 Å². The van der Waals surface area contributed by atoms with Gasteiger partial charge >= 0.3 is 0 Å². The average molecular weight is 503 g/mol. The number of rotatable bonds is 10. The summed E-state index contributed by atoms with van der Waals surface area (Å²) in [6, 6.07) is 8.13. The molecule has 0 aromatic heterocycles. The summed E-state index contributed by atoms with van der Waals surface area (Å²) < 4.78 is 5.73. The first-order valence-electron chi connectivity index (χ1n) is 10.3. The number of likely N-dealkylation sites (N-methyl/N-ethyl adjacent to an activating group) is 1. The van der Waals surface area contributed by atoms with E-state index in [4.69, 9.17) is 4.74 Å². The van der Waals surface area contributed by atoms with E-state index in [1.54, 1.807) is 0 Å². The van der Waals surface area contributed by atoms with E-state index in [2.05, 4.69) is 51.4 Å². The molecule has 0 bridgehead atoms. The fourth-order valence-electron chi connectivity index (χ4n) is 3.19. The van der Waals surface area contributed by atoms with Crippen molar-refractivity contribution in [3.63, 3.8) is 0 Å². The standard InChI is InChI=1S/C21H37N5O.HI/c1-4-25-14-16-26(17-15-25)13-6-5-11-23-21(22-3)24-12-18-27-20-9-7-19(2)8-10-20;/h7-10H,4-6,11-18H2,1-3H3,(H2,22,23,24);1H. The molecule has 0 radical (unpaired) electrons. The van der Waals surface area contributed by atoms with Gasteiger partial charge in [-0.15, -0.1) is 24.0 Å². The molecule has 0 atom stereocenters. The van der Waals surface area contributed by atoms with Crippen molar-refractivity contribution in [3.8, 4) is 5.75 Å². The highest BCUT2D eigenvalue weighted by atomic mass is 127. The molecule has 28 heavy (non-hydrogen) atoms. The van der Waals surface area contributed by atoms with Crippen LogP contribution < -0.4 is 15.4 Å². The number of unbranched alkanes of at least 4 members (excludes halogenated alkanes) is 1. The van der Waals surface area contributed by atoms with E-state index < -0.39 is 0 Å². The summed E-state index contributed by atoms with van der Waals surface area (Å²) in [5.74, 6) is 1.75. The van der Waals surface area contributed by atoms with Crippen molar-refractivity contribution in [3.05, 3.63) is 29.8 Å². The van der Waals surface area contributed by atoms with Crippen LogP contribution >= 0.6 is 24.0 Å². The van der Waals surface area contributed by atoms with Gasteiger partial charge in [-0.25, -0.2) is 0 Å². The number of guanidine groups is 1. The smallest absolute Gasteiger partial charge is 0.191 e. The summed E-state index contributed by atoms with van der Waals surface area (Å²) in [7, 11) is 1.81. The molecule has 6 nitrogen and oxygen atoms in total. The zero-order chi connectivity index (χ0) is 19.3. The van der Waals surface area contributed by atoms with Crippen LogP contribution in [0.4, 0.5) is 0 Å². The molecule has 1 aromatic rings. The fraction of sp³-hybridized carbons (Fsp3) is 0.667. The van der Waals surface area contributed by atoms with E-state index >= 15 is 0 Å². The first kappa shape index (κ1) is 25.0. The van der Waals surface area contributed by atoms with E-state index in [0.29, 0.717) is 6.61 Å². The fourth-order valence-corrected chi connectivity index (χ4v) is 3.19. The zero-order valence-electron chi connectivity index (χ0n) is 17.7. The van der Waals surface area contributed by atoms with Crippen molar-refractivity contribution in [2.75, 3.05) is 66.0 Å². The van der Waals surface area contributed by atoms with Crippen LogP contribution in [-0.2, 0) is 0 Å². The molecule has 1 aromatic carbocycles. The highest BCUT2D eigenvalue weighted by molar-refractivity contribution is 14.0. The molecule has 1 fully saturated rings. The van der Waals surface area contributed by atoms with Gasteiger partial charge in [0.05, 0.1) is 6.54 Å². The summed E-state index contributed by atoms with van der Waals surface area (Å²) in [4.78, 5) is 9.38. The maximum Gasteiger partial charge on any atom is 0.191 e. The van der Waals surface area contributed by atoms with Crippen molar-refractivity contribution >= 4 is 29.9 Å². The Morgan fingerprint density at radius 3 is 2.29 bits per heavy atom. The van der Waals surface area contributed by atoms with Gasteiger partial charge < -0.3 is 25.2 Å². The number of hydrogen-bond donors (Lipinski definition) is 2. The van der Waals surface area contributed by atoms with Gasteiger partial charge in [0.25, 0.3) is 0 Å². The third-order valence-corrected chi connectivity index (χ3v) is 5.01. The van der Waals surface area contributed by atoms with Gasteiger partial charge in [0.15, 0.2) is 5.96 Å². The molecule has 2 rings (SSSR count). The van der Waals surface area contributed by atoms with Gasteiger partial charge in [0.2, 0.25) is 0 Å². The van der Waals surface area contributed by atoms with E-state index in [1.165, 1.54) is 51.3 Å². The number of nitrogens with one attached hydrogen (secondary N) is 2. The molecule has 1 aliphatic rings. The lowest BCUT2D eigenvalue weighted by Gasteiger charge is -2.34. The van der Waals surface area contributed by atoms with Gasteiger partial charge in [-0.2, -0.15) is 0 Å². The monoisotopic (exact) mass is 503 g/mol. The van der Waals surface area contributed by atoms with Crippen LogP contribution in [0.1, 0.15) is 25.3 Å². The first-order chi connectivity index (χ1) is 13.2. The number of piperazine rings is 1. The van der Waals surface area contributed by atoms with E-state index in [0.717, 1.165) is 31.2 Å². The minimum Gasteiger partial charge on any atom is -0.492 e.